The Bertz CT molecular complexity index is 1420. The molecule has 1 N–H and O–H groups in total. The number of benzene rings is 2. The van der Waals surface area contributed by atoms with E-state index >= 15 is 0 Å². The number of hydrogen-bond donors (Lipinski definition) is 1. The van der Waals surface area contributed by atoms with Gasteiger partial charge in [-0.05, 0) is 30.3 Å². The minimum atomic E-state index is -0.198. The van der Waals surface area contributed by atoms with Gasteiger partial charge in [0.25, 0.3) is 5.89 Å². The van der Waals surface area contributed by atoms with Crippen molar-refractivity contribution in [1.82, 2.24) is 14.8 Å². The third-order valence-electron chi connectivity index (χ3n) is 5.16. The van der Waals surface area contributed by atoms with Gasteiger partial charge in [-0.15, -0.1) is 10.2 Å². The standard InChI is InChI=1S/C24H20N4O5/c1-30-19-10-9-15(12-21(19)31-2)25-22(29)14-28-13-17(16-6-3-4-7-18(16)28)23-26-27-24(33-23)20-8-5-11-32-20/h3-13H,14H2,1-2H3,(H,25,29). The second-order valence-corrected chi connectivity index (χ2v) is 7.20. The predicted octanol–water partition coefficient (Wildman–Crippen LogP) is 4.61. The van der Waals surface area contributed by atoms with Gasteiger partial charge in [-0.25, -0.2) is 0 Å². The minimum absolute atomic E-state index is 0.0913. The van der Waals surface area contributed by atoms with E-state index in [1.807, 2.05) is 35.0 Å². The molecule has 5 rings (SSSR count). The fraction of sp³-hybridized carbons (Fsp3) is 0.125. The molecule has 5 aromatic rings. The van der Waals surface area contributed by atoms with Crippen molar-refractivity contribution >= 4 is 22.5 Å². The van der Waals surface area contributed by atoms with Crippen LogP contribution in [-0.2, 0) is 11.3 Å². The number of fused-ring (bicyclic) bond motifs is 1. The highest BCUT2D eigenvalue weighted by molar-refractivity contribution is 5.96. The van der Waals surface area contributed by atoms with Crippen molar-refractivity contribution in [2.75, 3.05) is 19.5 Å². The van der Waals surface area contributed by atoms with E-state index in [0.29, 0.717) is 28.8 Å². The van der Waals surface area contributed by atoms with E-state index in [-0.39, 0.29) is 18.3 Å². The number of rotatable bonds is 7. The van der Waals surface area contributed by atoms with E-state index in [1.165, 1.54) is 0 Å². The summed E-state index contributed by atoms with van der Waals surface area (Å²) in [6, 6.07) is 16.4. The van der Waals surface area contributed by atoms with Crippen LogP contribution >= 0.6 is 0 Å². The van der Waals surface area contributed by atoms with E-state index in [9.17, 15) is 4.79 Å². The van der Waals surface area contributed by atoms with Gasteiger partial charge in [-0.1, -0.05) is 18.2 Å². The lowest BCUT2D eigenvalue weighted by Gasteiger charge is -2.11. The fourth-order valence-electron chi connectivity index (χ4n) is 3.65. The fourth-order valence-corrected chi connectivity index (χ4v) is 3.65. The first-order chi connectivity index (χ1) is 16.2. The summed E-state index contributed by atoms with van der Waals surface area (Å²) in [5.41, 5.74) is 2.21. The quantitative estimate of drug-likeness (QED) is 0.391. The Labute approximate surface area is 188 Å². The summed E-state index contributed by atoms with van der Waals surface area (Å²) in [6.45, 7) is 0.0913. The molecule has 0 atom stereocenters. The van der Waals surface area contributed by atoms with Crippen LogP contribution < -0.4 is 14.8 Å². The number of anilines is 1. The third-order valence-corrected chi connectivity index (χ3v) is 5.16. The Morgan fingerprint density at radius 3 is 2.61 bits per heavy atom. The van der Waals surface area contributed by atoms with Crippen molar-refractivity contribution < 1.29 is 23.1 Å². The molecule has 1 amide bonds. The first-order valence-electron chi connectivity index (χ1n) is 10.1. The number of nitrogens with zero attached hydrogens (tertiary/aromatic N) is 3. The van der Waals surface area contributed by atoms with Crippen molar-refractivity contribution in [2.24, 2.45) is 0 Å². The Morgan fingerprint density at radius 2 is 1.82 bits per heavy atom. The van der Waals surface area contributed by atoms with E-state index in [1.54, 1.807) is 50.8 Å². The molecule has 0 radical (unpaired) electrons. The molecule has 3 heterocycles. The van der Waals surface area contributed by atoms with Gasteiger partial charge < -0.3 is 28.2 Å². The lowest BCUT2D eigenvalue weighted by Crippen LogP contribution is -2.18. The number of amides is 1. The molecule has 166 valence electrons. The summed E-state index contributed by atoms with van der Waals surface area (Å²) >= 11 is 0. The van der Waals surface area contributed by atoms with Crippen molar-refractivity contribution in [2.45, 2.75) is 6.54 Å². The highest BCUT2D eigenvalue weighted by Gasteiger charge is 2.18. The number of furan rings is 1. The molecular weight excluding hydrogens is 424 g/mol. The van der Waals surface area contributed by atoms with Crippen LogP contribution in [0.15, 0.2) is 75.9 Å². The summed E-state index contributed by atoms with van der Waals surface area (Å²) in [4.78, 5) is 12.8. The van der Waals surface area contributed by atoms with Crippen LogP contribution in [0.1, 0.15) is 0 Å². The predicted molar refractivity (Wildman–Crippen MR) is 121 cm³/mol. The zero-order chi connectivity index (χ0) is 22.8. The number of nitrogens with one attached hydrogen (secondary N) is 1. The molecule has 0 unspecified atom stereocenters. The molecule has 0 aliphatic carbocycles. The molecule has 0 saturated carbocycles. The topological polar surface area (TPSA) is 105 Å². The van der Waals surface area contributed by atoms with Gasteiger partial charge in [-0.2, -0.15) is 0 Å². The van der Waals surface area contributed by atoms with Gasteiger partial charge in [0, 0.05) is 28.9 Å². The minimum Gasteiger partial charge on any atom is -0.493 e. The number of methoxy groups -OCH3 is 2. The Kier molecular flexibility index (Phi) is 5.27. The zero-order valence-corrected chi connectivity index (χ0v) is 17.9. The molecule has 2 aromatic carbocycles. The number of ether oxygens (including phenoxy) is 2. The SMILES string of the molecule is COc1ccc(NC(=O)Cn2cc(-c3nnc(-c4ccco4)o3)c3ccccc32)cc1OC. The summed E-state index contributed by atoms with van der Waals surface area (Å²) < 4.78 is 23.5. The van der Waals surface area contributed by atoms with Crippen LogP contribution in [-0.4, -0.2) is 34.9 Å². The van der Waals surface area contributed by atoms with Crippen molar-refractivity contribution in [1.29, 1.82) is 0 Å². The van der Waals surface area contributed by atoms with Gasteiger partial charge in [0.2, 0.25) is 11.8 Å². The van der Waals surface area contributed by atoms with Crippen molar-refractivity contribution in [3.8, 4) is 34.6 Å². The summed E-state index contributed by atoms with van der Waals surface area (Å²) in [6.07, 6.45) is 3.38. The second-order valence-electron chi connectivity index (χ2n) is 7.20. The number of aromatic nitrogens is 3. The molecule has 33 heavy (non-hydrogen) atoms. The summed E-state index contributed by atoms with van der Waals surface area (Å²) in [7, 11) is 3.11. The van der Waals surface area contributed by atoms with Crippen LogP contribution in [0.2, 0.25) is 0 Å². The summed E-state index contributed by atoms with van der Waals surface area (Å²) in [5, 5.41) is 12.0. The van der Waals surface area contributed by atoms with E-state index in [4.69, 9.17) is 18.3 Å². The highest BCUT2D eigenvalue weighted by atomic mass is 16.5. The average molecular weight is 444 g/mol. The van der Waals surface area contributed by atoms with Crippen LogP contribution in [0.5, 0.6) is 11.5 Å². The maximum absolute atomic E-state index is 12.8. The number of carbonyl (C=O) groups is 1. The smallest absolute Gasteiger partial charge is 0.283 e. The lowest BCUT2D eigenvalue weighted by atomic mass is 10.2. The second kappa shape index (κ2) is 8.54. The molecule has 0 aliphatic heterocycles. The third kappa shape index (κ3) is 3.91. The molecule has 0 spiro atoms. The largest absolute Gasteiger partial charge is 0.493 e. The van der Waals surface area contributed by atoms with E-state index in [0.717, 1.165) is 16.5 Å². The van der Waals surface area contributed by atoms with Crippen LogP contribution in [0.3, 0.4) is 0 Å². The van der Waals surface area contributed by atoms with Gasteiger partial charge in [0.05, 0.1) is 26.0 Å². The summed E-state index contributed by atoms with van der Waals surface area (Å²) in [5.74, 6) is 2.05. The van der Waals surface area contributed by atoms with E-state index in [2.05, 4.69) is 15.5 Å². The lowest BCUT2D eigenvalue weighted by molar-refractivity contribution is -0.116. The molecule has 9 nitrogen and oxygen atoms in total. The van der Waals surface area contributed by atoms with Crippen molar-refractivity contribution in [3.63, 3.8) is 0 Å². The number of hydrogen-bond acceptors (Lipinski definition) is 7. The van der Waals surface area contributed by atoms with Gasteiger partial charge in [0.15, 0.2) is 17.3 Å². The first kappa shape index (κ1) is 20.4. The van der Waals surface area contributed by atoms with Crippen LogP contribution in [0.4, 0.5) is 5.69 Å². The molecule has 9 heteroatoms. The van der Waals surface area contributed by atoms with Gasteiger partial charge >= 0.3 is 0 Å². The normalized spacial score (nSPS) is 11.0. The van der Waals surface area contributed by atoms with Crippen molar-refractivity contribution in [3.05, 3.63) is 67.1 Å². The Morgan fingerprint density at radius 1 is 1.00 bits per heavy atom. The zero-order valence-electron chi connectivity index (χ0n) is 17.9. The molecule has 0 saturated heterocycles. The number of carbonyl (C=O) groups excluding carboxylic acids is 1. The molecule has 0 bridgehead atoms. The maximum Gasteiger partial charge on any atom is 0.283 e. The molecule has 0 fully saturated rings. The Balaban J connectivity index is 1.42. The Hall–Kier alpha value is -4.53. The van der Waals surface area contributed by atoms with Gasteiger partial charge in [-0.3, -0.25) is 4.79 Å². The monoisotopic (exact) mass is 444 g/mol. The van der Waals surface area contributed by atoms with Crippen LogP contribution in [0, 0.1) is 0 Å². The molecule has 0 aliphatic rings. The van der Waals surface area contributed by atoms with E-state index < -0.39 is 0 Å². The molecule has 3 aromatic heterocycles. The molecular formula is C24H20N4O5. The van der Waals surface area contributed by atoms with Gasteiger partial charge in [0.1, 0.15) is 6.54 Å². The number of para-hydroxylation sites is 1. The highest BCUT2D eigenvalue weighted by Crippen LogP contribution is 2.32. The maximum atomic E-state index is 12.8. The average Bonchev–Trinajstić information content (AvgIpc) is 3.59. The van der Waals surface area contributed by atoms with Crippen LogP contribution in [0.25, 0.3) is 34.0 Å². The first-order valence-corrected chi connectivity index (χ1v) is 10.1.